The molecule has 0 aliphatic carbocycles. The highest BCUT2D eigenvalue weighted by Gasteiger charge is 2.24. The number of hydrogen-bond donors (Lipinski definition) is 2. The van der Waals surface area contributed by atoms with E-state index in [4.69, 9.17) is 9.73 Å². The fourth-order valence-electron chi connectivity index (χ4n) is 4.16. The van der Waals surface area contributed by atoms with Crippen LogP contribution in [-0.4, -0.2) is 58.9 Å². The van der Waals surface area contributed by atoms with Crippen LogP contribution < -0.4 is 15.4 Å². The molecule has 174 valence electrons. The molecule has 1 fully saturated rings. The monoisotopic (exact) mass is 447 g/mol. The number of nitrogens with zero attached hydrogens (tertiary/aromatic N) is 5. The second-order valence-electron chi connectivity index (χ2n) is 8.12. The number of aliphatic imine (C=N–C) groups is 1. The minimum atomic E-state index is 0.272. The Labute approximate surface area is 195 Å². The number of hydrogen-bond acceptors (Lipinski definition) is 5. The van der Waals surface area contributed by atoms with Crippen LogP contribution in [0.15, 0.2) is 66.2 Å². The molecule has 0 bridgehead atoms. The fraction of sp³-hybridized carbons (Fsp3) is 0.400. The molecular formula is C25H33N7O. The van der Waals surface area contributed by atoms with Gasteiger partial charge in [-0.3, -0.25) is 4.90 Å². The highest BCUT2D eigenvalue weighted by atomic mass is 16.5. The Hall–Kier alpha value is -3.39. The smallest absolute Gasteiger partial charge is 0.191 e. The van der Waals surface area contributed by atoms with E-state index in [-0.39, 0.29) is 6.04 Å². The van der Waals surface area contributed by atoms with Gasteiger partial charge in [-0.25, -0.2) is 14.7 Å². The van der Waals surface area contributed by atoms with E-state index in [1.165, 1.54) is 24.7 Å². The molecule has 2 heterocycles. The topological polar surface area (TPSA) is 79.6 Å². The molecule has 1 aromatic heterocycles. The van der Waals surface area contributed by atoms with E-state index in [0.717, 1.165) is 49.1 Å². The SMILES string of the molecule is CCNC(=NCc1ccc(-n2cncn2)cc1)NCC(c1cccc(OC)c1)N1CCCC1. The Morgan fingerprint density at radius 1 is 1.12 bits per heavy atom. The highest BCUT2D eigenvalue weighted by molar-refractivity contribution is 5.79. The Balaban J connectivity index is 1.43. The second kappa shape index (κ2) is 11.5. The van der Waals surface area contributed by atoms with Gasteiger partial charge in [-0.05, 0) is 68.2 Å². The number of aromatic nitrogens is 3. The quantitative estimate of drug-likeness (QED) is 0.387. The van der Waals surface area contributed by atoms with Crippen molar-refractivity contribution in [1.29, 1.82) is 0 Å². The molecule has 1 saturated heterocycles. The summed E-state index contributed by atoms with van der Waals surface area (Å²) in [5, 5.41) is 11.1. The summed E-state index contributed by atoms with van der Waals surface area (Å²) in [7, 11) is 1.72. The third-order valence-corrected chi connectivity index (χ3v) is 5.91. The van der Waals surface area contributed by atoms with Gasteiger partial charge < -0.3 is 15.4 Å². The van der Waals surface area contributed by atoms with Crippen LogP contribution in [0.4, 0.5) is 0 Å². The van der Waals surface area contributed by atoms with Gasteiger partial charge in [0.1, 0.15) is 18.4 Å². The Morgan fingerprint density at radius 3 is 2.64 bits per heavy atom. The summed E-state index contributed by atoms with van der Waals surface area (Å²) in [4.78, 5) is 11.4. The number of guanidine groups is 1. The van der Waals surface area contributed by atoms with E-state index in [1.54, 1.807) is 18.1 Å². The van der Waals surface area contributed by atoms with Crippen LogP contribution in [0.2, 0.25) is 0 Å². The van der Waals surface area contributed by atoms with E-state index in [9.17, 15) is 0 Å². The van der Waals surface area contributed by atoms with Crippen molar-refractivity contribution in [2.75, 3.05) is 33.3 Å². The molecule has 8 nitrogen and oxygen atoms in total. The molecule has 0 amide bonds. The standard InChI is InChI=1S/C25H33N7O/c1-3-27-25(28-16-20-9-11-22(12-10-20)32-19-26-18-30-32)29-17-24(31-13-4-5-14-31)21-7-6-8-23(15-21)33-2/h6-12,15,18-19,24H,3-5,13-14,16-17H2,1-2H3,(H2,27,28,29). The van der Waals surface area contributed by atoms with Crippen molar-refractivity contribution in [1.82, 2.24) is 30.3 Å². The molecule has 33 heavy (non-hydrogen) atoms. The summed E-state index contributed by atoms with van der Waals surface area (Å²) in [6.45, 7) is 6.52. The third-order valence-electron chi connectivity index (χ3n) is 5.91. The molecule has 2 aromatic carbocycles. The maximum Gasteiger partial charge on any atom is 0.191 e. The first-order valence-electron chi connectivity index (χ1n) is 11.6. The lowest BCUT2D eigenvalue weighted by Gasteiger charge is -2.29. The van der Waals surface area contributed by atoms with E-state index >= 15 is 0 Å². The van der Waals surface area contributed by atoms with Gasteiger partial charge in [0.05, 0.1) is 25.4 Å². The Kier molecular flexibility index (Phi) is 7.92. The number of ether oxygens (including phenoxy) is 1. The summed E-state index contributed by atoms with van der Waals surface area (Å²) in [6, 6.07) is 16.9. The van der Waals surface area contributed by atoms with Crippen LogP contribution in [0.1, 0.15) is 36.9 Å². The average Bonchev–Trinajstić information content (AvgIpc) is 3.58. The maximum absolute atomic E-state index is 5.47. The van der Waals surface area contributed by atoms with Gasteiger partial charge in [-0.2, -0.15) is 5.10 Å². The molecule has 0 spiro atoms. The van der Waals surface area contributed by atoms with Gasteiger partial charge in [0.25, 0.3) is 0 Å². The molecule has 4 rings (SSSR count). The number of benzene rings is 2. The van der Waals surface area contributed by atoms with Gasteiger partial charge in [-0.1, -0.05) is 24.3 Å². The van der Waals surface area contributed by atoms with Crippen LogP contribution in [0.5, 0.6) is 5.75 Å². The van der Waals surface area contributed by atoms with Crippen LogP contribution >= 0.6 is 0 Å². The van der Waals surface area contributed by atoms with Crippen LogP contribution in [0.3, 0.4) is 0 Å². The average molecular weight is 448 g/mol. The van der Waals surface area contributed by atoms with Crippen molar-refractivity contribution in [3.8, 4) is 11.4 Å². The van der Waals surface area contributed by atoms with Crippen molar-refractivity contribution in [3.05, 3.63) is 72.3 Å². The molecule has 1 atom stereocenters. The van der Waals surface area contributed by atoms with Crippen LogP contribution in [0.25, 0.3) is 5.69 Å². The summed E-state index contributed by atoms with van der Waals surface area (Å²) in [5.41, 5.74) is 3.39. The van der Waals surface area contributed by atoms with Crippen LogP contribution in [0, 0.1) is 0 Å². The first-order valence-corrected chi connectivity index (χ1v) is 11.6. The second-order valence-corrected chi connectivity index (χ2v) is 8.12. The molecule has 0 radical (unpaired) electrons. The summed E-state index contributed by atoms with van der Waals surface area (Å²) >= 11 is 0. The molecule has 8 heteroatoms. The van der Waals surface area contributed by atoms with E-state index in [1.807, 2.05) is 18.2 Å². The third kappa shape index (κ3) is 6.10. The maximum atomic E-state index is 5.47. The zero-order valence-electron chi connectivity index (χ0n) is 19.4. The molecule has 0 saturated carbocycles. The highest BCUT2D eigenvalue weighted by Crippen LogP contribution is 2.27. The number of likely N-dealkylation sites (tertiary alicyclic amines) is 1. The predicted octanol–water partition coefficient (Wildman–Crippen LogP) is 3.17. The van der Waals surface area contributed by atoms with Gasteiger partial charge in [0.2, 0.25) is 0 Å². The molecule has 3 aromatic rings. The summed E-state index contributed by atoms with van der Waals surface area (Å²) in [5.74, 6) is 1.72. The van der Waals surface area contributed by atoms with Gasteiger partial charge in [0.15, 0.2) is 5.96 Å². The molecular weight excluding hydrogens is 414 g/mol. The van der Waals surface area contributed by atoms with Crippen molar-refractivity contribution in [2.45, 2.75) is 32.4 Å². The summed E-state index contributed by atoms with van der Waals surface area (Å²) < 4.78 is 7.21. The van der Waals surface area contributed by atoms with Crippen molar-refractivity contribution >= 4 is 5.96 Å². The fourth-order valence-corrected chi connectivity index (χ4v) is 4.16. The minimum Gasteiger partial charge on any atom is -0.497 e. The van der Waals surface area contributed by atoms with Crippen LogP contribution in [-0.2, 0) is 6.54 Å². The molecule has 1 aliphatic rings. The Bertz CT molecular complexity index is 1010. The lowest BCUT2D eigenvalue weighted by molar-refractivity contribution is 0.245. The summed E-state index contributed by atoms with van der Waals surface area (Å²) in [6.07, 6.45) is 5.73. The molecule has 1 unspecified atom stereocenters. The van der Waals surface area contributed by atoms with Gasteiger partial charge >= 0.3 is 0 Å². The van der Waals surface area contributed by atoms with Crippen molar-refractivity contribution in [3.63, 3.8) is 0 Å². The minimum absolute atomic E-state index is 0.272. The Morgan fingerprint density at radius 2 is 1.94 bits per heavy atom. The van der Waals surface area contributed by atoms with Gasteiger partial charge in [0, 0.05) is 13.1 Å². The van der Waals surface area contributed by atoms with Crippen molar-refractivity contribution < 1.29 is 4.74 Å². The molecule has 1 aliphatic heterocycles. The zero-order chi connectivity index (χ0) is 22.9. The largest absolute Gasteiger partial charge is 0.497 e. The predicted molar refractivity (Wildman–Crippen MR) is 131 cm³/mol. The normalized spacial score (nSPS) is 15.4. The van der Waals surface area contributed by atoms with Crippen molar-refractivity contribution in [2.24, 2.45) is 4.99 Å². The lowest BCUT2D eigenvalue weighted by Crippen LogP contribution is -2.42. The first kappa shape index (κ1) is 22.8. The van der Waals surface area contributed by atoms with E-state index < -0.39 is 0 Å². The molecule has 2 N–H and O–H groups in total. The number of rotatable bonds is 9. The lowest BCUT2D eigenvalue weighted by atomic mass is 10.1. The number of nitrogens with one attached hydrogen (secondary N) is 2. The zero-order valence-corrected chi connectivity index (χ0v) is 19.4. The first-order chi connectivity index (χ1) is 16.3. The van der Waals surface area contributed by atoms with E-state index in [2.05, 4.69) is 62.9 Å². The number of methoxy groups -OCH3 is 1. The van der Waals surface area contributed by atoms with Gasteiger partial charge in [-0.15, -0.1) is 0 Å². The van der Waals surface area contributed by atoms with E-state index in [0.29, 0.717) is 6.54 Å².